The van der Waals surface area contributed by atoms with Crippen LogP contribution in [0.5, 0.6) is 0 Å². The number of hydrogen-bond donors (Lipinski definition) is 1. The zero-order valence-electron chi connectivity index (χ0n) is 11.6. The van der Waals surface area contributed by atoms with Crippen LogP contribution < -0.4 is 0 Å². The van der Waals surface area contributed by atoms with Crippen molar-refractivity contribution in [1.29, 1.82) is 0 Å². The number of pyridine rings is 1. The third kappa shape index (κ3) is 3.10. The van der Waals surface area contributed by atoms with Crippen LogP contribution >= 0.6 is 12.2 Å². The van der Waals surface area contributed by atoms with Gasteiger partial charge in [-0.25, -0.2) is 0 Å². The summed E-state index contributed by atoms with van der Waals surface area (Å²) in [7, 11) is 0. The van der Waals surface area contributed by atoms with E-state index in [1.54, 1.807) is 6.20 Å². The van der Waals surface area contributed by atoms with Gasteiger partial charge in [0.05, 0.1) is 0 Å². The number of rotatable bonds is 5. The van der Waals surface area contributed by atoms with E-state index in [2.05, 4.69) is 40.5 Å². The molecule has 2 unspecified atom stereocenters. The average Bonchev–Trinajstić information content (AvgIpc) is 2.81. The van der Waals surface area contributed by atoms with E-state index >= 15 is 0 Å². The summed E-state index contributed by atoms with van der Waals surface area (Å²) in [5.41, 5.74) is 0.853. The van der Waals surface area contributed by atoms with Crippen molar-refractivity contribution in [2.45, 2.75) is 39.7 Å². The first kappa shape index (κ1) is 13.9. The zero-order valence-corrected chi connectivity index (χ0v) is 12.4. The smallest absolute Gasteiger partial charge is 0.195 e. The lowest BCUT2D eigenvalue weighted by atomic mass is 10.0. The Labute approximate surface area is 118 Å². The quantitative estimate of drug-likeness (QED) is 0.840. The van der Waals surface area contributed by atoms with Gasteiger partial charge in [0.2, 0.25) is 0 Å². The maximum absolute atomic E-state index is 5.36. The van der Waals surface area contributed by atoms with Crippen molar-refractivity contribution in [3.63, 3.8) is 0 Å². The van der Waals surface area contributed by atoms with Crippen LogP contribution in [0, 0.1) is 10.7 Å². The molecule has 0 aliphatic heterocycles. The highest BCUT2D eigenvalue weighted by Gasteiger charge is 2.16. The molecule has 4 nitrogen and oxygen atoms in total. The highest BCUT2D eigenvalue weighted by Crippen LogP contribution is 2.24. The fourth-order valence-corrected chi connectivity index (χ4v) is 2.56. The maximum atomic E-state index is 5.36. The van der Waals surface area contributed by atoms with E-state index in [0.29, 0.717) is 16.7 Å². The average molecular weight is 276 g/mol. The van der Waals surface area contributed by atoms with Gasteiger partial charge in [0.25, 0.3) is 0 Å². The van der Waals surface area contributed by atoms with Crippen molar-refractivity contribution in [1.82, 2.24) is 19.7 Å². The molecule has 2 rings (SSSR count). The van der Waals surface area contributed by atoms with E-state index in [4.69, 9.17) is 12.2 Å². The summed E-state index contributed by atoms with van der Waals surface area (Å²) in [6.45, 7) is 6.66. The molecular formula is C14H20N4S. The van der Waals surface area contributed by atoms with E-state index in [1.165, 1.54) is 6.42 Å². The lowest BCUT2D eigenvalue weighted by Gasteiger charge is -2.18. The molecule has 0 bridgehead atoms. The second-order valence-corrected chi connectivity index (χ2v) is 5.42. The van der Waals surface area contributed by atoms with Crippen LogP contribution in [0.3, 0.4) is 0 Å². The normalized spacial score (nSPS) is 14.3. The first-order chi connectivity index (χ1) is 9.13. The van der Waals surface area contributed by atoms with Crippen molar-refractivity contribution < 1.29 is 0 Å². The van der Waals surface area contributed by atoms with Crippen LogP contribution in [0.25, 0.3) is 11.5 Å². The molecule has 0 aliphatic carbocycles. The van der Waals surface area contributed by atoms with Gasteiger partial charge in [-0.3, -0.25) is 14.6 Å². The van der Waals surface area contributed by atoms with Crippen molar-refractivity contribution in [3.8, 4) is 11.5 Å². The zero-order chi connectivity index (χ0) is 13.8. The van der Waals surface area contributed by atoms with Crippen LogP contribution in [0.4, 0.5) is 0 Å². The van der Waals surface area contributed by atoms with Gasteiger partial charge in [0.15, 0.2) is 10.6 Å². The number of aromatic nitrogens is 4. The van der Waals surface area contributed by atoms with E-state index in [-0.39, 0.29) is 0 Å². The predicted molar refractivity (Wildman–Crippen MR) is 79.4 cm³/mol. The molecule has 2 atom stereocenters. The third-order valence-corrected chi connectivity index (χ3v) is 3.77. The minimum atomic E-state index is 0.318. The van der Waals surface area contributed by atoms with E-state index in [0.717, 1.165) is 17.9 Å². The van der Waals surface area contributed by atoms with Gasteiger partial charge in [0.1, 0.15) is 5.69 Å². The second kappa shape index (κ2) is 6.10. The Hall–Kier alpha value is -1.49. The van der Waals surface area contributed by atoms with E-state index in [1.807, 2.05) is 18.2 Å². The molecule has 0 spiro atoms. The van der Waals surface area contributed by atoms with Crippen LogP contribution in [0.2, 0.25) is 0 Å². The van der Waals surface area contributed by atoms with Crippen molar-refractivity contribution >= 4 is 12.2 Å². The molecular weight excluding hydrogens is 256 g/mol. The number of hydrogen-bond acceptors (Lipinski definition) is 3. The van der Waals surface area contributed by atoms with E-state index in [9.17, 15) is 0 Å². The van der Waals surface area contributed by atoms with Gasteiger partial charge < -0.3 is 0 Å². The molecule has 2 heterocycles. The SMILES string of the molecule is CCC(C)CC(C)n1c(-c2ccccn2)n[nH]c1=S. The molecule has 0 saturated carbocycles. The van der Waals surface area contributed by atoms with Gasteiger partial charge >= 0.3 is 0 Å². The Kier molecular flexibility index (Phi) is 4.47. The first-order valence-corrected chi connectivity index (χ1v) is 7.12. The topological polar surface area (TPSA) is 46.5 Å². The summed E-state index contributed by atoms with van der Waals surface area (Å²) in [4.78, 5) is 4.36. The fraction of sp³-hybridized carbons (Fsp3) is 0.500. The largest absolute Gasteiger partial charge is 0.296 e. The second-order valence-electron chi connectivity index (χ2n) is 5.04. The molecule has 2 aromatic heterocycles. The number of H-pyrrole nitrogens is 1. The van der Waals surface area contributed by atoms with Gasteiger partial charge in [0, 0.05) is 12.2 Å². The minimum Gasteiger partial charge on any atom is -0.296 e. The molecule has 0 fully saturated rings. The van der Waals surface area contributed by atoms with Crippen molar-refractivity contribution in [2.24, 2.45) is 5.92 Å². The molecule has 0 aliphatic rings. The molecule has 0 saturated heterocycles. The summed E-state index contributed by atoms with van der Waals surface area (Å²) in [6.07, 6.45) is 4.04. The molecule has 1 N–H and O–H groups in total. The Morgan fingerprint density at radius 2 is 2.16 bits per heavy atom. The summed E-state index contributed by atoms with van der Waals surface area (Å²) in [6, 6.07) is 6.14. The van der Waals surface area contributed by atoms with Crippen molar-refractivity contribution in [3.05, 3.63) is 29.2 Å². The van der Waals surface area contributed by atoms with Crippen LogP contribution in [0.15, 0.2) is 24.4 Å². The minimum absolute atomic E-state index is 0.318. The Balaban J connectivity index is 2.36. The number of nitrogens with one attached hydrogen (secondary N) is 1. The summed E-state index contributed by atoms with van der Waals surface area (Å²) < 4.78 is 2.74. The lowest BCUT2D eigenvalue weighted by Crippen LogP contribution is -2.11. The van der Waals surface area contributed by atoms with Gasteiger partial charge in [-0.1, -0.05) is 26.3 Å². The molecule has 5 heteroatoms. The van der Waals surface area contributed by atoms with Crippen LogP contribution in [-0.4, -0.2) is 19.7 Å². The molecule has 0 radical (unpaired) electrons. The molecule has 0 aromatic carbocycles. The Bertz CT molecular complexity index is 573. The lowest BCUT2D eigenvalue weighted by molar-refractivity contribution is 0.397. The standard InChI is InChI=1S/C14H20N4S/c1-4-10(2)9-11(3)18-13(16-17-14(18)19)12-7-5-6-8-15-12/h5-8,10-11H,4,9H2,1-3H3,(H,17,19). The van der Waals surface area contributed by atoms with Gasteiger partial charge in [-0.05, 0) is 43.6 Å². The maximum Gasteiger partial charge on any atom is 0.195 e. The highest BCUT2D eigenvalue weighted by atomic mass is 32.1. The number of aromatic amines is 1. The highest BCUT2D eigenvalue weighted by molar-refractivity contribution is 7.71. The number of nitrogens with zero attached hydrogens (tertiary/aromatic N) is 3. The third-order valence-electron chi connectivity index (χ3n) is 3.48. The molecule has 19 heavy (non-hydrogen) atoms. The van der Waals surface area contributed by atoms with Crippen LogP contribution in [0.1, 0.15) is 39.7 Å². The molecule has 102 valence electrons. The predicted octanol–water partition coefficient (Wildman–Crippen LogP) is 4.00. The fourth-order valence-electron chi connectivity index (χ4n) is 2.24. The Morgan fingerprint density at radius 1 is 1.37 bits per heavy atom. The summed E-state index contributed by atoms with van der Waals surface area (Å²) in [5.74, 6) is 1.49. The van der Waals surface area contributed by atoms with Gasteiger partial charge in [-0.15, -0.1) is 0 Å². The summed E-state index contributed by atoms with van der Waals surface area (Å²) in [5, 5.41) is 7.21. The summed E-state index contributed by atoms with van der Waals surface area (Å²) >= 11 is 5.36. The monoisotopic (exact) mass is 276 g/mol. The van der Waals surface area contributed by atoms with E-state index < -0.39 is 0 Å². The van der Waals surface area contributed by atoms with Gasteiger partial charge in [-0.2, -0.15) is 5.10 Å². The molecule has 0 amide bonds. The molecule has 2 aromatic rings. The van der Waals surface area contributed by atoms with Crippen LogP contribution in [-0.2, 0) is 0 Å². The van der Waals surface area contributed by atoms with Crippen molar-refractivity contribution in [2.75, 3.05) is 0 Å². The first-order valence-electron chi connectivity index (χ1n) is 6.71. The Morgan fingerprint density at radius 3 is 2.79 bits per heavy atom.